The van der Waals surface area contributed by atoms with Crippen molar-refractivity contribution in [1.82, 2.24) is 19.2 Å². The topological polar surface area (TPSA) is 40.9 Å². The van der Waals surface area contributed by atoms with Crippen LogP contribution < -0.4 is 0 Å². The van der Waals surface area contributed by atoms with Crippen molar-refractivity contribution in [3.63, 3.8) is 0 Å². The molecule has 4 heterocycles. The van der Waals surface area contributed by atoms with Gasteiger partial charge in [-0.3, -0.25) is 9.78 Å². The summed E-state index contributed by atoms with van der Waals surface area (Å²) in [4.78, 5) is 23.3. The van der Waals surface area contributed by atoms with Gasteiger partial charge in [0.05, 0.1) is 16.6 Å². The van der Waals surface area contributed by atoms with Crippen LogP contribution in [0, 0.1) is 11.3 Å². The minimum absolute atomic E-state index is 0.257. The molecule has 174 valence electrons. The molecule has 0 saturated carbocycles. The van der Waals surface area contributed by atoms with Crippen molar-refractivity contribution in [1.29, 1.82) is 0 Å². The molecule has 2 aliphatic heterocycles. The number of fused-ring (bicyclic) bond motifs is 1. The van der Waals surface area contributed by atoms with Crippen LogP contribution in [0.15, 0.2) is 61.1 Å². The number of hydrogen-bond acceptors (Lipinski definition) is 3. The molecule has 0 bridgehead atoms. The van der Waals surface area contributed by atoms with E-state index in [2.05, 4.69) is 69.9 Å². The maximum atomic E-state index is 14.0. The number of rotatable bonds is 5. The zero-order valence-electron chi connectivity index (χ0n) is 19.8. The molecule has 2 fully saturated rings. The Morgan fingerprint density at radius 2 is 1.82 bits per heavy atom. The number of amides is 1. The first-order chi connectivity index (χ1) is 16.1. The molecule has 5 heteroatoms. The normalized spacial score (nSPS) is 21.7. The van der Waals surface area contributed by atoms with E-state index in [0.717, 1.165) is 64.7 Å². The first kappa shape index (κ1) is 22.1. The van der Waals surface area contributed by atoms with Crippen molar-refractivity contribution >= 4 is 11.4 Å². The molecule has 0 unspecified atom stereocenters. The highest BCUT2D eigenvalue weighted by Crippen LogP contribution is 2.38. The van der Waals surface area contributed by atoms with Gasteiger partial charge in [0.1, 0.15) is 0 Å². The van der Waals surface area contributed by atoms with Crippen molar-refractivity contribution < 1.29 is 4.79 Å². The van der Waals surface area contributed by atoms with Crippen LogP contribution in [0.4, 0.5) is 0 Å². The van der Waals surface area contributed by atoms with E-state index in [9.17, 15) is 4.79 Å². The summed E-state index contributed by atoms with van der Waals surface area (Å²) in [6.07, 6.45) is 13.1. The van der Waals surface area contributed by atoms with Crippen LogP contribution in [0.25, 0.3) is 5.52 Å². The number of nitrogens with zero attached hydrogens (tertiary/aromatic N) is 4. The van der Waals surface area contributed by atoms with Crippen molar-refractivity contribution in [2.24, 2.45) is 11.3 Å². The van der Waals surface area contributed by atoms with Crippen LogP contribution in [0.1, 0.15) is 43.4 Å². The molecule has 5 rings (SSSR count). The quantitative estimate of drug-likeness (QED) is 0.583. The lowest BCUT2D eigenvalue weighted by Crippen LogP contribution is -2.51. The van der Waals surface area contributed by atoms with Crippen LogP contribution in [0.2, 0.25) is 0 Å². The second kappa shape index (κ2) is 9.68. The Morgan fingerprint density at radius 1 is 1.00 bits per heavy atom. The zero-order chi connectivity index (χ0) is 22.7. The van der Waals surface area contributed by atoms with Crippen molar-refractivity contribution in [2.45, 2.75) is 44.9 Å². The summed E-state index contributed by atoms with van der Waals surface area (Å²) in [5.41, 5.74) is 3.42. The van der Waals surface area contributed by atoms with Crippen LogP contribution >= 0.6 is 0 Å². The highest BCUT2D eigenvalue weighted by Gasteiger charge is 2.43. The lowest BCUT2D eigenvalue weighted by Gasteiger charge is -2.42. The zero-order valence-corrected chi connectivity index (χ0v) is 19.8. The van der Waals surface area contributed by atoms with E-state index in [1.54, 1.807) is 0 Å². The minimum atomic E-state index is -0.257. The Morgan fingerprint density at radius 3 is 2.64 bits per heavy atom. The smallest absolute Gasteiger partial charge is 0.229 e. The van der Waals surface area contributed by atoms with E-state index in [-0.39, 0.29) is 5.41 Å². The van der Waals surface area contributed by atoms with Crippen molar-refractivity contribution in [3.8, 4) is 0 Å². The van der Waals surface area contributed by atoms with Gasteiger partial charge in [-0.1, -0.05) is 30.3 Å². The standard InChI is InChI=1S/C28H36N4O/c1-30-18-12-28(13-19-30,22-24-7-3-2-4-8-24)27(33)32-16-5-9-23(11-17-32)21-25-26-10-6-15-31(26)20-14-29-25/h2-4,6-8,10,14-15,20,23H,5,9,11-13,16-19,21-22H2,1H3/t23-/m1/s1. The molecule has 1 aromatic carbocycles. The van der Waals surface area contributed by atoms with E-state index in [0.29, 0.717) is 11.8 Å². The molecule has 33 heavy (non-hydrogen) atoms. The SMILES string of the molecule is CN1CCC(Cc2ccccc2)(C(=O)N2CCC[C@@H](Cc3nccn4cccc34)CC2)CC1. The minimum Gasteiger partial charge on any atom is -0.342 e. The van der Waals surface area contributed by atoms with E-state index < -0.39 is 0 Å². The third kappa shape index (κ3) is 4.84. The highest BCUT2D eigenvalue weighted by molar-refractivity contribution is 5.83. The van der Waals surface area contributed by atoms with Gasteiger partial charge in [-0.25, -0.2) is 0 Å². The van der Waals surface area contributed by atoms with E-state index in [1.165, 1.54) is 23.2 Å². The number of aromatic nitrogens is 2. The number of hydrogen-bond donors (Lipinski definition) is 0. The molecule has 1 atom stereocenters. The fraction of sp³-hybridized carbons (Fsp3) is 0.500. The molecule has 0 aliphatic carbocycles. The van der Waals surface area contributed by atoms with Gasteiger partial charge in [0, 0.05) is 31.7 Å². The summed E-state index contributed by atoms with van der Waals surface area (Å²) in [6.45, 7) is 3.77. The van der Waals surface area contributed by atoms with E-state index >= 15 is 0 Å². The predicted octanol–water partition coefficient (Wildman–Crippen LogP) is 4.46. The average Bonchev–Trinajstić information content (AvgIpc) is 3.21. The molecular formula is C28H36N4O. The monoisotopic (exact) mass is 444 g/mol. The number of piperidine rings is 1. The second-order valence-corrected chi connectivity index (χ2v) is 10.2. The Balaban J connectivity index is 1.29. The number of carbonyl (C=O) groups is 1. The molecule has 0 N–H and O–H groups in total. The molecule has 2 aromatic heterocycles. The van der Waals surface area contributed by atoms with Crippen LogP contribution in [-0.2, 0) is 17.6 Å². The van der Waals surface area contributed by atoms with Gasteiger partial charge < -0.3 is 14.2 Å². The number of carbonyl (C=O) groups excluding carboxylic acids is 1. The summed E-state index contributed by atoms with van der Waals surface area (Å²) < 4.78 is 2.16. The summed E-state index contributed by atoms with van der Waals surface area (Å²) in [7, 11) is 2.17. The van der Waals surface area contributed by atoms with Gasteiger partial charge in [0.2, 0.25) is 5.91 Å². The fourth-order valence-corrected chi connectivity index (χ4v) is 5.87. The summed E-state index contributed by atoms with van der Waals surface area (Å²) in [5, 5.41) is 0. The number of likely N-dealkylation sites (tertiary alicyclic amines) is 2. The van der Waals surface area contributed by atoms with Gasteiger partial charge >= 0.3 is 0 Å². The van der Waals surface area contributed by atoms with Crippen LogP contribution in [-0.4, -0.2) is 58.3 Å². The van der Waals surface area contributed by atoms with Gasteiger partial charge in [-0.2, -0.15) is 0 Å². The summed E-state index contributed by atoms with van der Waals surface area (Å²) >= 11 is 0. The van der Waals surface area contributed by atoms with Gasteiger partial charge in [0.25, 0.3) is 0 Å². The highest BCUT2D eigenvalue weighted by atomic mass is 16.2. The van der Waals surface area contributed by atoms with Crippen molar-refractivity contribution in [3.05, 3.63) is 72.3 Å². The van der Waals surface area contributed by atoms with Crippen LogP contribution in [0.5, 0.6) is 0 Å². The predicted molar refractivity (Wildman–Crippen MR) is 132 cm³/mol. The summed E-state index contributed by atoms with van der Waals surface area (Å²) in [6, 6.07) is 14.9. The molecule has 0 spiro atoms. The second-order valence-electron chi connectivity index (χ2n) is 10.2. The molecule has 3 aromatic rings. The van der Waals surface area contributed by atoms with Crippen molar-refractivity contribution in [2.75, 3.05) is 33.2 Å². The maximum Gasteiger partial charge on any atom is 0.229 e. The Labute approximate surface area is 197 Å². The molecule has 2 aliphatic rings. The lowest BCUT2D eigenvalue weighted by molar-refractivity contribution is -0.145. The number of benzene rings is 1. The van der Waals surface area contributed by atoms with Gasteiger partial charge in [-0.15, -0.1) is 0 Å². The van der Waals surface area contributed by atoms with E-state index in [1.807, 2.05) is 12.4 Å². The molecule has 5 nitrogen and oxygen atoms in total. The van der Waals surface area contributed by atoms with Gasteiger partial charge in [-0.05, 0) is 88.7 Å². The Hall–Kier alpha value is -2.66. The Bertz CT molecular complexity index is 1070. The molecule has 2 saturated heterocycles. The largest absolute Gasteiger partial charge is 0.342 e. The fourth-order valence-electron chi connectivity index (χ4n) is 5.87. The molecule has 1 amide bonds. The third-order valence-electron chi connectivity index (χ3n) is 7.93. The first-order valence-corrected chi connectivity index (χ1v) is 12.6. The third-order valence-corrected chi connectivity index (χ3v) is 7.93. The summed E-state index contributed by atoms with van der Waals surface area (Å²) in [5.74, 6) is 0.978. The first-order valence-electron chi connectivity index (χ1n) is 12.6. The van der Waals surface area contributed by atoms with E-state index in [4.69, 9.17) is 4.98 Å². The Kier molecular flexibility index (Phi) is 6.50. The van der Waals surface area contributed by atoms with Gasteiger partial charge in [0.15, 0.2) is 0 Å². The molecular weight excluding hydrogens is 408 g/mol. The lowest BCUT2D eigenvalue weighted by atomic mass is 9.72. The maximum absolute atomic E-state index is 14.0. The molecule has 0 radical (unpaired) electrons. The average molecular weight is 445 g/mol. The van der Waals surface area contributed by atoms with Crippen LogP contribution in [0.3, 0.4) is 0 Å².